The van der Waals surface area contributed by atoms with Crippen LogP contribution in [0, 0.1) is 46.3 Å². The van der Waals surface area contributed by atoms with Crippen molar-refractivity contribution in [1.82, 2.24) is 0 Å². The van der Waals surface area contributed by atoms with E-state index < -0.39 is 0 Å². The molecule has 0 nitrogen and oxygen atoms in total. The zero-order valence-electron chi connectivity index (χ0n) is 16.9. The molecule has 4 rings (SSSR count). The van der Waals surface area contributed by atoms with E-state index in [-0.39, 0.29) is 0 Å². The fourth-order valence-corrected chi connectivity index (χ4v) is 8.10. The van der Waals surface area contributed by atoms with Gasteiger partial charge in [-0.2, -0.15) is 0 Å². The van der Waals surface area contributed by atoms with Crippen molar-refractivity contribution in [2.24, 2.45) is 46.3 Å². The quantitative estimate of drug-likeness (QED) is 0.468. The van der Waals surface area contributed by atoms with Gasteiger partial charge in [-0.05, 0) is 97.7 Å². The van der Waals surface area contributed by atoms with Gasteiger partial charge in [-0.1, -0.05) is 52.7 Å². The molecule has 0 unspecified atom stereocenters. The van der Waals surface area contributed by atoms with Gasteiger partial charge in [0, 0.05) is 0 Å². The second kappa shape index (κ2) is 5.88. The topological polar surface area (TPSA) is 0 Å². The summed E-state index contributed by atoms with van der Waals surface area (Å²) in [4.78, 5) is 0. The van der Waals surface area contributed by atoms with Gasteiger partial charge >= 0.3 is 0 Å². The first-order valence-electron chi connectivity index (χ1n) is 11.1. The lowest BCUT2D eigenvalue weighted by Gasteiger charge is -2.58. The summed E-state index contributed by atoms with van der Waals surface area (Å²) in [5, 5.41) is 0. The Labute approximate surface area is 150 Å². The number of allylic oxidation sites excluding steroid dienone is 2. The summed E-state index contributed by atoms with van der Waals surface area (Å²) in [5.74, 6) is 5.87. The highest BCUT2D eigenvalue weighted by atomic mass is 14.6. The van der Waals surface area contributed by atoms with Gasteiger partial charge in [0.25, 0.3) is 0 Å². The van der Waals surface area contributed by atoms with Gasteiger partial charge in [-0.3, -0.25) is 0 Å². The molecular weight excluding hydrogens is 288 g/mol. The van der Waals surface area contributed by atoms with Crippen LogP contribution in [-0.2, 0) is 0 Å². The van der Waals surface area contributed by atoms with Crippen molar-refractivity contribution in [1.29, 1.82) is 0 Å². The lowest BCUT2D eigenvalue weighted by molar-refractivity contribution is -0.0518. The van der Waals surface area contributed by atoms with Gasteiger partial charge in [-0.15, -0.1) is 0 Å². The van der Waals surface area contributed by atoms with Crippen molar-refractivity contribution < 1.29 is 0 Å². The third kappa shape index (κ3) is 2.30. The summed E-state index contributed by atoms with van der Waals surface area (Å²) in [6.45, 7) is 12.8. The van der Waals surface area contributed by atoms with E-state index in [1.54, 1.807) is 0 Å². The zero-order chi connectivity index (χ0) is 17.1. The minimum absolute atomic E-state index is 0.561. The summed E-state index contributed by atoms with van der Waals surface area (Å²) in [7, 11) is 0. The van der Waals surface area contributed by atoms with Crippen LogP contribution in [0.15, 0.2) is 11.6 Å². The van der Waals surface area contributed by atoms with Gasteiger partial charge < -0.3 is 0 Å². The molecule has 0 aromatic heterocycles. The van der Waals surface area contributed by atoms with Gasteiger partial charge in [0.2, 0.25) is 0 Å². The molecule has 8 atom stereocenters. The van der Waals surface area contributed by atoms with Crippen molar-refractivity contribution >= 4 is 0 Å². The van der Waals surface area contributed by atoms with Crippen LogP contribution in [0.25, 0.3) is 0 Å². The smallest absolute Gasteiger partial charge is 0.00851 e. The predicted molar refractivity (Wildman–Crippen MR) is 104 cm³/mol. The largest absolute Gasteiger partial charge is 0.0845 e. The van der Waals surface area contributed by atoms with E-state index in [9.17, 15) is 0 Å². The van der Waals surface area contributed by atoms with Crippen LogP contribution in [0.3, 0.4) is 0 Å². The maximum atomic E-state index is 2.74. The average Bonchev–Trinajstić information content (AvgIpc) is 2.92. The third-order valence-corrected chi connectivity index (χ3v) is 9.75. The molecule has 3 fully saturated rings. The number of hydrogen-bond acceptors (Lipinski definition) is 0. The molecule has 24 heavy (non-hydrogen) atoms. The lowest BCUT2D eigenvalue weighted by Crippen LogP contribution is -2.50. The van der Waals surface area contributed by atoms with E-state index in [0.29, 0.717) is 10.8 Å². The molecule has 0 heteroatoms. The normalized spacial score (nSPS) is 52.0. The molecule has 3 saturated carbocycles. The summed E-state index contributed by atoms with van der Waals surface area (Å²) in [6, 6.07) is 0. The third-order valence-electron chi connectivity index (χ3n) is 9.75. The van der Waals surface area contributed by atoms with Crippen LogP contribution in [0.5, 0.6) is 0 Å². The van der Waals surface area contributed by atoms with Gasteiger partial charge in [-0.25, -0.2) is 0 Å². The Kier molecular flexibility index (Phi) is 4.21. The number of fused-ring (bicyclic) bond motifs is 5. The van der Waals surface area contributed by atoms with Crippen molar-refractivity contribution in [3.63, 3.8) is 0 Å². The Morgan fingerprint density at radius 3 is 2.62 bits per heavy atom. The van der Waals surface area contributed by atoms with Gasteiger partial charge in [0.1, 0.15) is 0 Å². The molecule has 0 saturated heterocycles. The van der Waals surface area contributed by atoms with Gasteiger partial charge in [0.15, 0.2) is 0 Å². The van der Waals surface area contributed by atoms with E-state index >= 15 is 0 Å². The Hall–Kier alpha value is -0.260. The molecule has 0 amide bonds. The number of rotatable bonds is 2. The SMILES string of the molecule is CC[C@H](C)[C@H]1CC[C@H]2[C@@H]3CC=C4C[C@@H](C)CC[C@]4(C)[C@H]3CC[C@]12C. The molecule has 0 spiro atoms. The molecular formula is C24H40. The van der Waals surface area contributed by atoms with Gasteiger partial charge in [0.05, 0.1) is 0 Å². The molecule has 0 radical (unpaired) electrons. The van der Waals surface area contributed by atoms with Crippen LogP contribution < -0.4 is 0 Å². The maximum absolute atomic E-state index is 2.74. The second-order valence-electron chi connectivity index (χ2n) is 10.7. The highest BCUT2D eigenvalue weighted by Crippen LogP contribution is 2.67. The van der Waals surface area contributed by atoms with Crippen LogP contribution >= 0.6 is 0 Å². The van der Waals surface area contributed by atoms with Crippen LogP contribution in [0.2, 0.25) is 0 Å². The molecule has 4 aliphatic carbocycles. The summed E-state index contributed by atoms with van der Waals surface area (Å²) in [5.41, 5.74) is 3.08. The molecule has 0 aliphatic heterocycles. The molecule has 4 aliphatic rings. The first kappa shape index (κ1) is 17.2. The van der Waals surface area contributed by atoms with Crippen LogP contribution in [-0.4, -0.2) is 0 Å². The van der Waals surface area contributed by atoms with Crippen molar-refractivity contribution in [3.05, 3.63) is 11.6 Å². The van der Waals surface area contributed by atoms with Crippen molar-refractivity contribution in [3.8, 4) is 0 Å². The highest BCUT2D eigenvalue weighted by Gasteiger charge is 2.58. The molecule has 0 aromatic carbocycles. The second-order valence-corrected chi connectivity index (χ2v) is 10.7. The van der Waals surface area contributed by atoms with Crippen LogP contribution in [0.1, 0.15) is 92.4 Å². The van der Waals surface area contributed by atoms with E-state index in [1.807, 2.05) is 5.57 Å². The first-order valence-corrected chi connectivity index (χ1v) is 11.1. The van der Waals surface area contributed by atoms with E-state index in [1.165, 1.54) is 57.8 Å². The van der Waals surface area contributed by atoms with E-state index in [4.69, 9.17) is 0 Å². The average molecular weight is 329 g/mol. The molecule has 136 valence electrons. The van der Waals surface area contributed by atoms with E-state index in [0.717, 1.165) is 35.5 Å². The zero-order valence-corrected chi connectivity index (χ0v) is 16.9. The summed E-state index contributed by atoms with van der Waals surface area (Å²) >= 11 is 0. The molecule has 0 bridgehead atoms. The predicted octanol–water partition coefficient (Wildman–Crippen LogP) is 7.25. The Morgan fingerprint density at radius 2 is 1.88 bits per heavy atom. The molecule has 0 N–H and O–H groups in total. The standard InChI is InChI=1S/C24H40/c1-6-17(3)20-9-10-21-19-8-7-18-15-16(2)11-13-23(18,4)22(19)12-14-24(20,21)5/h7,16-17,19-22H,6,8-15H2,1-5H3/t16-,17-,19-,20+,21-,22-,23-,24+/m0/s1. The fraction of sp³-hybridized carbons (Fsp3) is 0.917. The first-order chi connectivity index (χ1) is 11.4. The molecule has 0 aromatic rings. The minimum Gasteiger partial charge on any atom is -0.0845 e. The van der Waals surface area contributed by atoms with E-state index in [2.05, 4.69) is 40.7 Å². The Balaban J connectivity index is 1.63. The summed E-state index contributed by atoms with van der Waals surface area (Å²) in [6.07, 6.45) is 16.0. The number of hydrogen-bond donors (Lipinski definition) is 0. The Morgan fingerprint density at radius 1 is 1.08 bits per heavy atom. The lowest BCUT2D eigenvalue weighted by atomic mass is 9.46. The Bertz CT molecular complexity index is 516. The fourth-order valence-electron chi connectivity index (χ4n) is 8.10. The maximum Gasteiger partial charge on any atom is -0.00851 e. The van der Waals surface area contributed by atoms with Crippen molar-refractivity contribution in [2.75, 3.05) is 0 Å². The molecule has 0 heterocycles. The minimum atomic E-state index is 0.561. The van der Waals surface area contributed by atoms with Crippen molar-refractivity contribution in [2.45, 2.75) is 92.4 Å². The monoisotopic (exact) mass is 328 g/mol. The summed E-state index contributed by atoms with van der Waals surface area (Å²) < 4.78 is 0. The highest BCUT2D eigenvalue weighted by molar-refractivity contribution is 5.25. The van der Waals surface area contributed by atoms with Crippen LogP contribution in [0.4, 0.5) is 0 Å².